The molecule has 3 rings (SSSR count). The monoisotopic (exact) mass is 351 g/mol. The third-order valence-corrected chi connectivity index (χ3v) is 5.10. The summed E-state index contributed by atoms with van der Waals surface area (Å²) >= 11 is 0. The lowest BCUT2D eigenvalue weighted by Gasteiger charge is -2.23. The van der Waals surface area contributed by atoms with Gasteiger partial charge in [0.05, 0.1) is 0 Å². The van der Waals surface area contributed by atoms with Crippen molar-refractivity contribution in [1.29, 1.82) is 0 Å². The maximum absolute atomic E-state index is 12.2. The summed E-state index contributed by atoms with van der Waals surface area (Å²) in [6.45, 7) is 4.96. The molecule has 2 fully saturated rings. The van der Waals surface area contributed by atoms with Gasteiger partial charge in [-0.2, -0.15) is 0 Å². The zero-order valence-electron chi connectivity index (χ0n) is 14.1. The summed E-state index contributed by atoms with van der Waals surface area (Å²) in [6.07, 6.45) is 3.24. The molecule has 1 aliphatic heterocycles. The van der Waals surface area contributed by atoms with E-state index in [1.54, 1.807) is 6.07 Å². The Balaban J connectivity index is 0.00000208. The highest BCUT2D eigenvalue weighted by Crippen LogP contribution is 2.58. The van der Waals surface area contributed by atoms with Crippen LogP contribution in [0.5, 0.6) is 0 Å². The number of rotatable bonds is 5. The molecule has 1 unspecified atom stereocenters. The SMILES string of the molecule is Cc1cccc(C(=O)NCCNC(=O)C2CC23CCNCC3)c1.Cl. The topological polar surface area (TPSA) is 70.2 Å². The first-order chi connectivity index (χ1) is 11.1. The number of piperidine rings is 1. The standard InChI is InChI=1S/C18H25N3O2.ClH/c1-13-3-2-4-14(11-13)16(22)20-9-10-21-17(23)15-12-18(15)5-7-19-8-6-18;/h2-4,11,15,19H,5-10,12H2,1H3,(H,20,22)(H,21,23);1H. The first-order valence-corrected chi connectivity index (χ1v) is 8.44. The fourth-order valence-corrected chi connectivity index (χ4v) is 3.57. The summed E-state index contributed by atoms with van der Waals surface area (Å²) in [6, 6.07) is 7.49. The second-order valence-corrected chi connectivity index (χ2v) is 6.79. The number of hydrogen-bond acceptors (Lipinski definition) is 3. The molecule has 1 aromatic carbocycles. The van der Waals surface area contributed by atoms with Gasteiger partial charge >= 0.3 is 0 Å². The van der Waals surface area contributed by atoms with Crippen LogP contribution in [0.15, 0.2) is 24.3 Å². The highest BCUT2D eigenvalue weighted by molar-refractivity contribution is 5.94. The van der Waals surface area contributed by atoms with Gasteiger partial charge in [0, 0.05) is 24.6 Å². The number of halogens is 1. The van der Waals surface area contributed by atoms with Gasteiger partial charge in [0.15, 0.2) is 0 Å². The van der Waals surface area contributed by atoms with Crippen LogP contribution >= 0.6 is 12.4 Å². The highest BCUT2D eigenvalue weighted by atomic mass is 35.5. The zero-order chi connectivity index (χ0) is 16.3. The smallest absolute Gasteiger partial charge is 0.251 e. The zero-order valence-corrected chi connectivity index (χ0v) is 14.9. The number of benzene rings is 1. The highest BCUT2D eigenvalue weighted by Gasteiger charge is 2.57. The Kier molecular flexibility index (Phi) is 6.24. The van der Waals surface area contributed by atoms with Crippen LogP contribution in [0.1, 0.15) is 35.2 Å². The van der Waals surface area contributed by atoms with Crippen molar-refractivity contribution in [1.82, 2.24) is 16.0 Å². The summed E-state index contributed by atoms with van der Waals surface area (Å²) in [7, 11) is 0. The summed E-state index contributed by atoms with van der Waals surface area (Å²) in [5.41, 5.74) is 1.99. The van der Waals surface area contributed by atoms with Gasteiger partial charge in [-0.05, 0) is 56.8 Å². The van der Waals surface area contributed by atoms with Gasteiger partial charge in [-0.3, -0.25) is 9.59 Å². The molecule has 0 radical (unpaired) electrons. The minimum absolute atomic E-state index is 0. The third-order valence-electron chi connectivity index (χ3n) is 5.10. The Hall–Kier alpha value is -1.59. The molecule has 132 valence electrons. The molecule has 2 amide bonds. The molecule has 6 heteroatoms. The van der Waals surface area contributed by atoms with Gasteiger partial charge in [0.25, 0.3) is 5.91 Å². The average molecular weight is 352 g/mol. The van der Waals surface area contributed by atoms with Crippen LogP contribution < -0.4 is 16.0 Å². The fraction of sp³-hybridized carbons (Fsp3) is 0.556. The summed E-state index contributed by atoms with van der Waals surface area (Å²) in [5, 5.41) is 9.15. The Morgan fingerprint density at radius 2 is 1.92 bits per heavy atom. The largest absolute Gasteiger partial charge is 0.354 e. The molecule has 1 spiro atoms. The van der Waals surface area contributed by atoms with E-state index in [-0.39, 0.29) is 35.6 Å². The van der Waals surface area contributed by atoms with E-state index >= 15 is 0 Å². The molecular weight excluding hydrogens is 326 g/mol. The van der Waals surface area contributed by atoms with Crippen molar-refractivity contribution in [2.24, 2.45) is 11.3 Å². The van der Waals surface area contributed by atoms with Gasteiger partial charge in [-0.25, -0.2) is 0 Å². The van der Waals surface area contributed by atoms with Crippen molar-refractivity contribution in [3.05, 3.63) is 35.4 Å². The van der Waals surface area contributed by atoms with Gasteiger partial charge in [0.1, 0.15) is 0 Å². The number of carbonyl (C=O) groups is 2. The lowest BCUT2D eigenvalue weighted by Crippen LogP contribution is -2.37. The Bertz CT molecular complexity index is 600. The normalized spacial score (nSPS) is 20.8. The second kappa shape index (κ2) is 7.99. The maximum Gasteiger partial charge on any atom is 0.251 e. The van der Waals surface area contributed by atoms with E-state index in [9.17, 15) is 9.59 Å². The first kappa shape index (κ1) is 18.7. The molecule has 0 bridgehead atoms. The second-order valence-electron chi connectivity index (χ2n) is 6.79. The van der Waals surface area contributed by atoms with Crippen LogP contribution in [0.4, 0.5) is 0 Å². The Morgan fingerprint density at radius 3 is 2.62 bits per heavy atom. The number of carbonyl (C=O) groups excluding carboxylic acids is 2. The fourth-order valence-electron chi connectivity index (χ4n) is 3.57. The summed E-state index contributed by atoms with van der Waals surface area (Å²) < 4.78 is 0. The van der Waals surface area contributed by atoms with Crippen LogP contribution in [0.25, 0.3) is 0 Å². The van der Waals surface area contributed by atoms with Gasteiger partial charge < -0.3 is 16.0 Å². The van der Waals surface area contributed by atoms with E-state index < -0.39 is 0 Å². The van der Waals surface area contributed by atoms with Crippen LogP contribution in [-0.2, 0) is 4.79 Å². The van der Waals surface area contributed by atoms with E-state index in [1.165, 1.54) is 0 Å². The van der Waals surface area contributed by atoms with Crippen LogP contribution in [0, 0.1) is 18.3 Å². The van der Waals surface area contributed by atoms with Crippen molar-refractivity contribution in [3.8, 4) is 0 Å². The van der Waals surface area contributed by atoms with Crippen LogP contribution in [-0.4, -0.2) is 38.0 Å². The number of aryl methyl sites for hydroxylation is 1. The summed E-state index contributed by atoms with van der Waals surface area (Å²) in [5.74, 6) is 0.234. The van der Waals surface area contributed by atoms with Crippen molar-refractivity contribution in [3.63, 3.8) is 0 Å². The quantitative estimate of drug-likeness (QED) is 0.706. The average Bonchev–Trinajstić information content (AvgIpc) is 3.25. The Labute approximate surface area is 149 Å². The number of hydrogen-bond donors (Lipinski definition) is 3. The molecule has 1 heterocycles. The first-order valence-electron chi connectivity index (χ1n) is 8.44. The molecule has 5 nitrogen and oxygen atoms in total. The molecule has 2 aliphatic rings. The molecular formula is C18H26ClN3O2. The summed E-state index contributed by atoms with van der Waals surface area (Å²) in [4.78, 5) is 24.2. The molecule has 1 aliphatic carbocycles. The number of nitrogens with one attached hydrogen (secondary N) is 3. The van der Waals surface area contributed by atoms with E-state index in [0.29, 0.717) is 18.7 Å². The molecule has 1 saturated carbocycles. The van der Waals surface area contributed by atoms with E-state index in [2.05, 4.69) is 16.0 Å². The lowest BCUT2D eigenvalue weighted by atomic mass is 9.92. The molecule has 3 N–H and O–H groups in total. The van der Waals surface area contributed by atoms with E-state index in [4.69, 9.17) is 0 Å². The van der Waals surface area contributed by atoms with Gasteiger partial charge in [-0.15, -0.1) is 12.4 Å². The molecule has 24 heavy (non-hydrogen) atoms. The lowest BCUT2D eigenvalue weighted by molar-refractivity contribution is -0.123. The molecule has 1 saturated heterocycles. The minimum Gasteiger partial charge on any atom is -0.354 e. The third kappa shape index (κ3) is 4.28. The van der Waals surface area contributed by atoms with E-state index in [1.807, 2.05) is 25.1 Å². The molecule has 1 atom stereocenters. The van der Waals surface area contributed by atoms with Crippen molar-refractivity contribution in [2.45, 2.75) is 26.2 Å². The van der Waals surface area contributed by atoms with Crippen LogP contribution in [0.2, 0.25) is 0 Å². The molecule has 1 aromatic rings. The number of amides is 2. The van der Waals surface area contributed by atoms with Crippen molar-refractivity contribution in [2.75, 3.05) is 26.2 Å². The maximum atomic E-state index is 12.2. The predicted octanol–water partition coefficient (Wildman–Crippen LogP) is 1.65. The van der Waals surface area contributed by atoms with Crippen molar-refractivity contribution < 1.29 is 9.59 Å². The van der Waals surface area contributed by atoms with Crippen molar-refractivity contribution >= 4 is 24.2 Å². The van der Waals surface area contributed by atoms with E-state index in [0.717, 1.165) is 37.9 Å². The van der Waals surface area contributed by atoms with Gasteiger partial charge in [-0.1, -0.05) is 17.7 Å². The van der Waals surface area contributed by atoms with Crippen LogP contribution in [0.3, 0.4) is 0 Å². The van der Waals surface area contributed by atoms with Gasteiger partial charge in [0.2, 0.25) is 5.91 Å². The predicted molar refractivity (Wildman–Crippen MR) is 96.4 cm³/mol. The minimum atomic E-state index is -0.0933. The Morgan fingerprint density at radius 1 is 1.21 bits per heavy atom. The molecule has 0 aromatic heterocycles.